The van der Waals surface area contributed by atoms with E-state index in [1.807, 2.05) is 6.92 Å². The van der Waals surface area contributed by atoms with Crippen molar-refractivity contribution < 1.29 is 23.1 Å². The van der Waals surface area contributed by atoms with Crippen molar-refractivity contribution in [3.05, 3.63) is 28.3 Å². The largest absolute Gasteiger partial charge is 0.478 e. The highest BCUT2D eigenvalue weighted by molar-refractivity contribution is 7.89. The number of carboxylic acids is 1. The molecule has 0 saturated carbocycles. The molecule has 1 unspecified atom stereocenters. The minimum atomic E-state index is -3.84. The van der Waals surface area contributed by atoms with E-state index in [0.717, 1.165) is 6.07 Å². The Hall–Kier alpha value is -1.15. The van der Waals surface area contributed by atoms with Gasteiger partial charge < -0.3 is 9.84 Å². The normalized spacial score (nSPS) is 20.6. The average molecular weight is 348 g/mol. The van der Waals surface area contributed by atoms with Crippen LogP contribution in [0.1, 0.15) is 29.3 Å². The average Bonchev–Trinajstić information content (AvgIpc) is 2.66. The third-order valence-corrected chi connectivity index (χ3v) is 6.29. The van der Waals surface area contributed by atoms with E-state index in [1.165, 1.54) is 10.4 Å². The molecule has 1 atom stereocenters. The van der Waals surface area contributed by atoms with E-state index in [4.69, 9.17) is 21.4 Å². The van der Waals surface area contributed by atoms with Crippen molar-refractivity contribution in [3.8, 4) is 0 Å². The fourth-order valence-corrected chi connectivity index (χ4v) is 4.60. The second-order valence-electron chi connectivity index (χ2n) is 5.25. The van der Waals surface area contributed by atoms with Crippen molar-refractivity contribution in [2.45, 2.75) is 31.2 Å². The highest BCUT2D eigenvalue weighted by Gasteiger charge is 2.32. The van der Waals surface area contributed by atoms with Crippen LogP contribution in [0.25, 0.3) is 0 Å². The topological polar surface area (TPSA) is 83.9 Å². The lowest BCUT2D eigenvalue weighted by atomic mass is 10.1. The molecule has 1 saturated heterocycles. The standard InChI is InChI=1S/C14H18ClNO5S/c1-9-3-5-21-6-4-16(9)22(19,20)13-8-11(14(17)18)7-12(15)10(13)2/h7-9H,3-6H2,1-2H3,(H,17,18). The van der Waals surface area contributed by atoms with Crippen LogP contribution in [0.2, 0.25) is 5.02 Å². The van der Waals surface area contributed by atoms with Gasteiger partial charge in [0.25, 0.3) is 0 Å². The van der Waals surface area contributed by atoms with Crippen LogP contribution in [0.15, 0.2) is 17.0 Å². The molecule has 1 heterocycles. The smallest absolute Gasteiger partial charge is 0.335 e. The molecule has 0 radical (unpaired) electrons. The molecular formula is C14H18ClNO5S. The van der Waals surface area contributed by atoms with E-state index >= 15 is 0 Å². The number of hydrogen-bond donors (Lipinski definition) is 1. The fraction of sp³-hybridized carbons (Fsp3) is 0.500. The predicted molar refractivity (Wildman–Crippen MR) is 81.9 cm³/mol. The van der Waals surface area contributed by atoms with Gasteiger partial charge in [-0.2, -0.15) is 4.31 Å². The van der Waals surface area contributed by atoms with Crippen LogP contribution < -0.4 is 0 Å². The Morgan fingerprint density at radius 2 is 2.09 bits per heavy atom. The number of hydrogen-bond acceptors (Lipinski definition) is 4. The van der Waals surface area contributed by atoms with Crippen molar-refractivity contribution in [2.75, 3.05) is 19.8 Å². The lowest BCUT2D eigenvalue weighted by Crippen LogP contribution is -2.39. The van der Waals surface area contributed by atoms with Gasteiger partial charge in [0.15, 0.2) is 0 Å². The Balaban J connectivity index is 2.55. The number of aromatic carboxylic acids is 1. The molecule has 0 aromatic heterocycles. The van der Waals surface area contributed by atoms with Crippen molar-refractivity contribution in [1.29, 1.82) is 0 Å². The first-order valence-corrected chi connectivity index (χ1v) is 8.70. The molecule has 1 aromatic carbocycles. The second kappa shape index (κ2) is 6.54. The number of benzene rings is 1. The van der Waals surface area contributed by atoms with Crippen molar-refractivity contribution in [3.63, 3.8) is 0 Å². The molecule has 1 fully saturated rings. The zero-order valence-corrected chi connectivity index (χ0v) is 13.9. The SMILES string of the molecule is Cc1c(Cl)cc(C(=O)O)cc1S(=O)(=O)N1CCOCCC1C. The van der Waals surface area contributed by atoms with E-state index < -0.39 is 16.0 Å². The van der Waals surface area contributed by atoms with Crippen LogP contribution >= 0.6 is 11.6 Å². The minimum absolute atomic E-state index is 0.0637. The molecule has 0 aliphatic carbocycles. The van der Waals surface area contributed by atoms with Gasteiger partial charge in [0.05, 0.1) is 17.1 Å². The highest BCUT2D eigenvalue weighted by Crippen LogP contribution is 2.29. The summed E-state index contributed by atoms with van der Waals surface area (Å²) in [5, 5.41) is 9.23. The number of carbonyl (C=O) groups is 1. The van der Waals surface area contributed by atoms with Crippen molar-refractivity contribution >= 4 is 27.6 Å². The number of sulfonamides is 1. The third kappa shape index (κ3) is 3.27. The molecular weight excluding hydrogens is 330 g/mol. The van der Waals surface area contributed by atoms with Crippen LogP contribution in [0.3, 0.4) is 0 Å². The summed E-state index contributed by atoms with van der Waals surface area (Å²) in [4.78, 5) is 11.1. The molecule has 2 rings (SSSR count). The van der Waals surface area contributed by atoms with E-state index in [9.17, 15) is 13.2 Å². The number of rotatable bonds is 3. The maximum atomic E-state index is 12.9. The summed E-state index contributed by atoms with van der Waals surface area (Å²) in [6.45, 7) is 4.43. The van der Waals surface area contributed by atoms with E-state index in [-0.39, 0.29) is 28.1 Å². The first-order chi connectivity index (χ1) is 10.2. The first-order valence-electron chi connectivity index (χ1n) is 6.88. The zero-order chi connectivity index (χ0) is 16.5. The molecule has 8 heteroatoms. The highest BCUT2D eigenvalue weighted by atomic mass is 35.5. The van der Waals surface area contributed by atoms with Gasteiger partial charge in [0.2, 0.25) is 10.0 Å². The molecule has 122 valence electrons. The monoisotopic (exact) mass is 347 g/mol. The molecule has 1 aliphatic rings. The Bertz CT molecular complexity index is 689. The Kier molecular flexibility index (Phi) is 5.11. The predicted octanol–water partition coefficient (Wildman–Crippen LogP) is 2.15. The number of ether oxygens (including phenoxy) is 1. The molecule has 0 amide bonds. The summed E-state index contributed by atoms with van der Waals surface area (Å²) < 4.78 is 32.5. The van der Waals surface area contributed by atoms with Crippen LogP contribution in [0, 0.1) is 6.92 Å². The molecule has 22 heavy (non-hydrogen) atoms. The molecule has 0 spiro atoms. The van der Waals surface area contributed by atoms with E-state index in [1.54, 1.807) is 6.92 Å². The Morgan fingerprint density at radius 1 is 1.41 bits per heavy atom. The summed E-state index contributed by atoms with van der Waals surface area (Å²) in [6.07, 6.45) is 0.588. The Labute approximate surface area is 134 Å². The van der Waals surface area contributed by atoms with Gasteiger partial charge in [0.1, 0.15) is 0 Å². The number of carboxylic acid groups (broad SMARTS) is 1. The zero-order valence-electron chi connectivity index (χ0n) is 12.4. The van der Waals surface area contributed by atoms with Crippen LogP contribution in [0.5, 0.6) is 0 Å². The molecule has 1 N–H and O–H groups in total. The fourth-order valence-electron chi connectivity index (χ4n) is 2.40. The summed E-state index contributed by atoms with van der Waals surface area (Å²) in [6, 6.07) is 2.20. The maximum absolute atomic E-state index is 12.9. The minimum Gasteiger partial charge on any atom is -0.478 e. The lowest BCUT2D eigenvalue weighted by molar-refractivity contribution is 0.0696. The van der Waals surface area contributed by atoms with E-state index in [2.05, 4.69) is 0 Å². The molecule has 1 aliphatic heterocycles. The number of nitrogens with zero attached hydrogens (tertiary/aromatic N) is 1. The number of halogens is 1. The van der Waals surface area contributed by atoms with Crippen LogP contribution in [-0.4, -0.2) is 49.6 Å². The third-order valence-electron chi connectivity index (χ3n) is 3.76. The second-order valence-corrected chi connectivity index (χ2v) is 7.52. The summed E-state index contributed by atoms with van der Waals surface area (Å²) in [7, 11) is -3.84. The van der Waals surface area contributed by atoms with Crippen LogP contribution in [-0.2, 0) is 14.8 Å². The van der Waals surface area contributed by atoms with Gasteiger partial charge in [0, 0.05) is 24.2 Å². The molecule has 0 bridgehead atoms. The van der Waals surface area contributed by atoms with Gasteiger partial charge >= 0.3 is 5.97 Å². The van der Waals surface area contributed by atoms with Gasteiger partial charge in [-0.15, -0.1) is 0 Å². The van der Waals surface area contributed by atoms with Crippen LogP contribution in [0.4, 0.5) is 0 Å². The quantitative estimate of drug-likeness (QED) is 0.905. The van der Waals surface area contributed by atoms with Crippen molar-refractivity contribution in [2.24, 2.45) is 0 Å². The van der Waals surface area contributed by atoms with Gasteiger partial charge in [-0.05, 0) is 38.0 Å². The first kappa shape index (κ1) is 17.2. The summed E-state index contributed by atoms with van der Waals surface area (Å²) in [5.41, 5.74) is 0.205. The molecule has 1 aromatic rings. The van der Waals surface area contributed by atoms with Gasteiger partial charge in [-0.1, -0.05) is 11.6 Å². The molecule has 6 nitrogen and oxygen atoms in total. The summed E-state index contributed by atoms with van der Waals surface area (Å²) >= 11 is 6.01. The van der Waals surface area contributed by atoms with E-state index in [0.29, 0.717) is 25.2 Å². The summed E-state index contributed by atoms with van der Waals surface area (Å²) in [5.74, 6) is -1.22. The van der Waals surface area contributed by atoms with Gasteiger partial charge in [-0.25, -0.2) is 13.2 Å². The lowest BCUT2D eigenvalue weighted by Gasteiger charge is -2.26. The van der Waals surface area contributed by atoms with Crippen molar-refractivity contribution in [1.82, 2.24) is 4.31 Å². The Morgan fingerprint density at radius 3 is 2.73 bits per heavy atom. The maximum Gasteiger partial charge on any atom is 0.335 e. The van der Waals surface area contributed by atoms with Gasteiger partial charge in [-0.3, -0.25) is 0 Å².